The Balaban J connectivity index is 2.78. The Hall–Kier alpha value is -1.48. The number of hydrogen-bond donors (Lipinski definition) is 2. The van der Waals surface area contributed by atoms with Crippen molar-refractivity contribution in [3.8, 4) is 0 Å². The molecule has 1 rings (SSSR count). The molecule has 1 atom stereocenters. The Morgan fingerprint density at radius 3 is 2.89 bits per heavy atom. The zero-order valence-corrected chi connectivity index (χ0v) is 11.6. The minimum Gasteiger partial charge on any atom is -0.383 e. The van der Waals surface area contributed by atoms with Gasteiger partial charge in [-0.1, -0.05) is 17.7 Å². The van der Waals surface area contributed by atoms with Crippen molar-refractivity contribution in [2.75, 3.05) is 12.4 Å². The van der Waals surface area contributed by atoms with Gasteiger partial charge in [-0.3, -0.25) is 4.79 Å². The van der Waals surface area contributed by atoms with Crippen LogP contribution in [0.2, 0.25) is 5.02 Å². The third-order valence-corrected chi connectivity index (χ3v) is 2.98. The summed E-state index contributed by atoms with van der Waals surface area (Å²) in [6.45, 7) is 5.80. The lowest BCUT2D eigenvalue weighted by atomic mass is 10.1. The summed E-state index contributed by atoms with van der Waals surface area (Å²) in [5, 5.41) is 6.37. The first kappa shape index (κ1) is 14.6. The van der Waals surface area contributed by atoms with Crippen molar-refractivity contribution < 1.29 is 4.79 Å². The van der Waals surface area contributed by atoms with Crippen LogP contribution in [0, 0.1) is 0 Å². The maximum Gasteiger partial charge on any atom is 0.252 e. The second-order valence-corrected chi connectivity index (χ2v) is 4.59. The Kier molecular flexibility index (Phi) is 5.72. The fourth-order valence-corrected chi connectivity index (χ4v) is 1.85. The van der Waals surface area contributed by atoms with Gasteiger partial charge in [-0.15, -0.1) is 6.58 Å². The molecule has 0 spiro atoms. The topological polar surface area (TPSA) is 41.1 Å². The van der Waals surface area contributed by atoms with Gasteiger partial charge >= 0.3 is 0 Å². The molecule has 0 bridgehead atoms. The summed E-state index contributed by atoms with van der Waals surface area (Å²) >= 11 is 5.99. The van der Waals surface area contributed by atoms with Gasteiger partial charge in [0.15, 0.2) is 0 Å². The summed E-state index contributed by atoms with van der Waals surface area (Å²) in [6, 6.07) is 5.70. The molecule has 0 aromatic heterocycles. The van der Waals surface area contributed by atoms with Crippen molar-refractivity contribution in [2.24, 2.45) is 0 Å². The zero-order valence-electron chi connectivity index (χ0n) is 10.8. The quantitative estimate of drug-likeness (QED) is 0.774. The number of halogens is 1. The van der Waals surface area contributed by atoms with Crippen LogP contribution in [-0.4, -0.2) is 19.0 Å². The van der Waals surface area contributed by atoms with Crippen LogP contribution in [0.15, 0.2) is 30.9 Å². The van der Waals surface area contributed by atoms with Gasteiger partial charge < -0.3 is 10.6 Å². The van der Waals surface area contributed by atoms with Gasteiger partial charge in [0.1, 0.15) is 0 Å². The molecule has 2 N–H and O–H groups in total. The summed E-state index contributed by atoms with van der Waals surface area (Å²) in [5.74, 6) is -0.178. The van der Waals surface area contributed by atoms with E-state index in [-0.39, 0.29) is 5.91 Å². The normalized spacial score (nSPS) is 11.7. The molecule has 0 aliphatic carbocycles. The summed E-state index contributed by atoms with van der Waals surface area (Å²) in [5.41, 5.74) is 1.38. The van der Waals surface area contributed by atoms with Crippen LogP contribution in [0.5, 0.6) is 0 Å². The molecule has 4 heteroatoms. The van der Waals surface area contributed by atoms with Gasteiger partial charge in [-0.25, -0.2) is 0 Å². The van der Waals surface area contributed by atoms with E-state index in [1.54, 1.807) is 19.2 Å². The summed E-state index contributed by atoms with van der Waals surface area (Å²) in [7, 11) is 1.59. The number of rotatable bonds is 6. The number of anilines is 1. The van der Waals surface area contributed by atoms with E-state index in [0.717, 1.165) is 18.5 Å². The highest BCUT2D eigenvalue weighted by Crippen LogP contribution is 2.21. The molecule has 0 saturated heterocycles. The van der Waals surface area contributed by atoms with E-state index < -0.39 is 0 Å². The molecule has 0 radical (unpaired) electrons. The van der Waals surface area contributed by atoms with Crippen molar-refractivity contribution >= 4 is 23.2 Å². The molecule has 1 unspecified atom stereocenters. The standard InChI is InChI=1S/C14H19ClN2O/c1-4-5-6-10(2)17-11-7-8-13(15)12(9-11)14(18)16-3/h4,7-10,17H,1,5-6H2,2-3H3,(H,16,18). The van der Waals surface area contributed by atoms with Crippen molar-refractivity contribution in [2.45, 2.75) is 25.8 Å². The van der Waals surface area contributed by atoms with E-state index in [0.29, 0.717) is 16.6 Å². The van der Waals surface area contributed by atoms with Crippen molar-refractivity contribution in [1.29, 1.82) is 0 Å². The van der Waals surface area contributed by atoms with Gasteiger partial charge in [0.25, 0.3) is 5.91 Å². The van der Waals surface area contributed by atoms with Gasteiger partial charge in [-0.05, 0) is 38.0 Å². The molecule has 0 heterocycles. The van der Waals surface area contributed by atoms with Crippen LogP contribution in [-0.2, 0) is 0 Å². The maximum absolute atomic E-state index is 11.6. The van der Waals surface area contributed by atoms with Gasteiger partial charge in [-0.2, -0.15) is 0 Å². The smallest absolute Gasteiger partial charge is 0.252 e. The molecule has 1 amide bonds. The molecular formula is C14H19ClN2O. The minimum absolute atomic E-state index is 0.178. The predicted molar refractivity (Wildman–Crippen MR) is 77.4 cm³/mol. The highest BCUT2D eigenvalue weighted by atomic mass is 35.5. The van der Waals surface area contributed by atoms with Crippen LogP contribution in [0.3, 0.4) is 0 Å². The average molecular weight is 267 g/mol. The summed E-state index contributed by atoms with van der Waals surface area (Å²) in [6.07, 6.45) is 3.86. The Labute approximate surface area is 113 Å². The zero-order chi connectivity index (χ0) is 13.5. The third-order valence-electron chi connectivity index (χ3n) is 2.65. The van der Waals surface area contributed by atoms with Gasteiger partial charge in [0.2, 0.25) is 0 Å². The number of carbonyl (C=O) groups excluding carboxylic acids is 1. The van der Waals surface area contributed by atoms with E-state index in [9.17, 15) is 4.79 Å². The first-order chi connectivity index (χ1) is 8.58. The van der Waals surface area contributed by atoms with E-state index in [4.69, 9.17) is 11.6 Å². The molecule has 0 fully saturated rings. The Bertz CT molecular complexity index is 432. The SMILES string of the molecule is C=CCCC(C)Nc1ccc(Cl)c(C(=O)NC)c1. The van der Waals surface area contributed by atoms with Crippen molar-refractivity contribution in [1.82, 2.24) is 5.32 Å². The lowest BCUT2D eigenvalue weighted by molar-refractivity contribution is 0.0963. The minimum atomic E-state index is -0.178. The van der Waals surface area contributed by atoms with Crippen LogP contribution < -0.4 is 10.6 Å². The summed E-state index contributed by atoms with van der Waals surface area (Å²) < 4.78 is 0. The second-order valence-electron chi connectivity index (χ2n) is 4.19. The molecular weight excluding hydrogens is 248 g/mol. The maximum atomic E-state index is 11.6. The average Bonchev–Trinajstić information content (AvgIpc) is 2.37. The van der Waals surface area contributed by atoms with Crippen molar-refractivity contribution in [3.63, 3.8) is 0 Å². The fraction of sp³-hybridized carbons (Fsp3) is 0.357. The first-order valence-electron chi connectivity index (χ1n) is 5.97. The Morgan fingerprint density at radius 1 is 1.56 bits per heavy atom. The lowest BCUT2D eigenvalue weighted by Crippen LogP contribution is -2.19. The molecule has 18 heavy (non-hydrogen) atoms. The number of amides is 1. The molecule has 1 aromatic carbocycles. The van der Waals surface area contributed by atoms with E-state index in [1.165, 1.54) is 0 Å². The predicted octanol–water partition coefficient (Wildman–Crippen LogP) is 3.47. The lowest BCUT2D eigenvalue weighted by Gasteiger charge is -2.15. The van der Waals surface area contributed by atoms with Gasteiger partial charge in [0, 0.05) is 18.8 Å². The van der Waals surface area contributed by atoms with Gasteiger partial charge in [0.05, 0.1) is 10.6 Å². The highest BCUT2D eigenvalue weighted by Gasteiger charge is 2.10. The second kappa shape index (κ2) is 7.07. The number of benzene rings is 1. The van der Waals surface area contributed by atoms with E-state index in [1.807, 2.05) is 12.1 Å². The van der Waals surface area contributed by atoms with E-state index >= 15 is 0 Å². The molecule has 1 aromatic rings. The molecule has 3 nitrogen and oxygen atoms in total. The van der Waals surface area contributed by atoms with Crippen molar-refractivity contribution in [3.05, 3.63) is 41.4 Å². The number of nitrogens with one attached hydrogen (secondary N) is 2. The molecule has 98 valence electrons. The summed E-state index contributed by atoms with van der Waals surface area (Å²) in [4.78, 5) is 11.6. The molecule has 0 aliphatic heterocycles. The van der Waals surface area contributed by atoms with Crippen LogP contribution in [0.4, 0.5) is 5.69 Å². The van der Waals surface area contributed by atoms with Crippen LogP contribution in [0.25, 0.3) is 0 Å². The van der Waals surface area contributed by atoms with E-state index in [2.05, 4.69) is 24.1 Å². The molecule has 0 aliphatic rings. The van der Waals surface area contributed by atoms with Crippen LogP contribution >= 0.6 is 11.6 Å². The number of allylic oxidation sites excluding steroid dienone is 1. The molecule has 0 saturated carbocycles. The number of carbonyl (C=O) groups is 1. The fourth-order valence-electron chi connectivity index (χ4n) is 1.65. The van der Waals surface area contributed by atoms with Crippen LogP contribution in [0.1, 0.15) is 30.1 Å². The highest BCUT2D eigenvalue weighted by molar-refractivity contribution is 6.34. The number of hydrogen-bond acceptors (Lipinski definition) is 2. The third kappa shape index (κ3) is 4.08. The monoisotopic (exact) mass is 266 g/mol. The first-order valence-corrected chi connectivity index (χ1v) is 6.35. The largest absolute Gasteiger partial charge is 0.383 e. The Morgan fingerprint density at radius 2 is 2.28 bits per heavy atom.